The number of carbonyl (C=O) groups is 3. The maximum absolute atomic E-state index is 12.0. The van der Waals surface area contributed by atoms with Gasteiger partial charge in [0.15, 0.2) is 0 Å². The normalized spacial score (nSPS) is 9.73. The van der Waals surface area contributed by atoms with Crippen LogP contribution in [0.25, 0.3) is 0 Å². The van der Waals surface area contributed by atoms with Gasteiger partial charge in [-0.15, -0.1) is 0 Å². The number of likely N-dealkylation sites (N-methyl/N-ethyl adjacent to an activating group) is 2. The average Bonchev–Trinajstić information content (AvgIpc) is 2.65. The lowest BCUT2D eigenvalue weighted by Gasteiger charge is -2.18. The molecule has 0 atom stereocenters. The van der Waals surface area contributed by atoms with Crippen LogP contribution >= 0.6 is 0 Å². The molecule has 26 heavy (non-hydrogen) atoms. The Labute approximate surface area is 157 Å². The number of nitrogens with zero attached hydrogens (tertiary/aromatic N) is 2. The molecule has 0 aliphatic carbocycles. The van der Waals surface area contributed by atoms with E-state index in [1.807, 2.05) is 26.8 Å². The van der Waals surface area contributed by atoms with Gasteiger partial charge in [0.05, 0.1) is 6.54 Å². The molecule has 0 spiro atoms. The molecule has 0 aliphatic heterocycles. The molecule has 0 aromatic rings. The number of aliphatic hydroxyl groups is 1. The molecule has 2 amide bonds. The molecule has 0 aliphatic rings. The number of aldehydes is 1. The van der Waals surface area contributed by atoms with Gasteiger partial charge in [-0.3, -0.25) is 9.59 Å². The van der Waals surface area contributed by atoms with Crippen LogP contribution in [0.1, 0.15) is 27.2 Å². The Morgan fingerprint density at radius 2 is 1.77 bits per heavy atom. The van der Waals surface area contributed by atoms with Crippen LogP contribution in [-0.4, -0.2) is 67.3 Å². The van der Waals surface area contributed by atoms with E-state index in [1.54, 1.807) is 25.2 Å². The molecule has 0 aromatic heterocycles. The molecule has 150 valence electrons. The highest BCUT2D eigenvalue weighted by atomic mass is 16.2. The number of aliphatic hydroxyl groups excluding tert-OH is 1. The third-order valence-corrected chi connectivity index (χ3v) is 2.60. The number of hydrogen-bond donors (Lipinski definition) is 3. The summed E-state index contributed by atoms with van der Waals surface area (Å²) in [6.07, 6.45) is 7.32. The van der Waals surface area contributed by atoms with Crippen molar-refractivity contribution < 1.29 is 19.5 Å². The van der Waals surface area contributed by atoms with Gasteiger partial charge in [0, 0.05) is 40.4 Å². The molecule has 3 N–H and O–H groups in total. The highest BCUT2D eigenvalue weighted by Gasteiger charge is 2.13. The quantitative estimate of drug-likeness (QED) is 0.299. The summed E-state index contributed by atoms with van der Waals surface area (Å²) in [5, 5.41) is 12.1. The molecule has 8 heteroatoms. The largest absolute Gasteiger partial charge is 0.400 e. The van der Waals surface area contributed by atoms with E-state index in [-0.39, 0.29) is 31.1 Å². The zero-order chi connectivity index (χ0) is 21.0. The highest BCUT2D eigenvalue weighted by molar-refractivity contribution is 5.93. The first-order chi connectivity index (χ1) is 12.5. The Kier molecular flexibility index (Phi) is 22.2. The first kappa shape index (κ1) is 28.2. The van der Waals surface area contributed by atoms with Crippen molar-refractivity contribution in [2.75, 3.05) is 34.3 Å². The molecular weight excluding hydrogens is 336 g/mol. The van der Waals surface area contributed by atoms with Crippen molar-refractivity contribution in [3.05, 3.63) is 37.0 Å². The van der Waals surface area contributed by atoms with Crippen LogP contribution in [0.5, 0.6) is 0 Å². The zero-order valence-electron chi connectivity index (χ0n) is 16.8. The van der Waals surface area contributed by atoms with Gasteiger partial charge in [-0.1, -0.05) is 26.5 Å². The number of nitrogens with one attached hydrogen (secondary N) is 2. The predicted octanol–water partition coefficient (Wildman–Crippen LogP) is 0.825. The van der Waals surface area contributed by atoms with Gasteiger partial charge in [0.2, 0.25) is 5.91 Å². The van der Waals surface area contributed by atoms with E-state index in [0.29, 0.717) is 0 Å². The van der Waals surface area contributed by atoms with Crippen molar-refractivity contribution in [1.82, 2.24) is 20.4 Å². The summed E-state index contributed by atoms with van der Waals surface area (Å²) in [5.41, 5.74) is 0.225. The number of amides is 2. The van der Waals surface area contributed by atoms with Crippen LogP contribution in [0.4, 0.5) is 0 Å². The van der Waals surface area contributed by atoms with E-state index in [2.05, 4.69) is 17.2 Å². The van der Waals surface area contributed by atoms with E-state index in [1.165, 1.54) is 17.3 Å². The fourth-order valence-electron chi connectivity index (χ4n) is 1.49. The van der Waals surface area contributed by atoms with Crippen LogP contribution in [-0.2, 0) is 14.4 Å². The summed E-state index contributed by atoms with van der Waals surface area (Å²) in [6, 6.07) is 0. The fraction of sp³-hybridized carbons (Fsp3) is 0.500. The molecule has 0 unspecified atom stereocenters. The first-order valence-corrected chi connectivity index (χ1v) is 8.30. The maximum atomic E-state index is 12.0. The van der Waals surface area contributed by atoms with Crippen molar-refractivity contribution >= 4 is 18.1 Å². The van der Waals surface area contributed by atoms with Crippen LogP contribution in [0.3, 0.4) is 0 Å². The molecule has 0 heterocycles. The number of allylic oxidation sites excluding steroid dienone is 1. The fourth-order valence-corrected chi connectivity index (χ4v) is 1.49. The third kappa shape index (κ3) is 14.9. The molecule has 0 radical (unpaired) electrons. The Hall–Kier alpha value is -2.61. The van der Waals surface area contributed by atoms with Gasteiger partial charge >= 0.3 is 0 Å². The van der Waals surface area contributed by atoms with Crippen LogP contribution in [0.15, 0.2) is 37.0 Å². The van der Waals surface area contributed by atoms with Gasteiger partial charge in [0.1, 0.15) is 12.0 Å². The predicted molar refractivity (Wildman–Crippen MR) is 105 cm³/mol. The Balaban J connectivity index is -0.00000123. The minimum Gasteiger partial charge on any atom is -0.400 e. The summed E-state index contributed by atoms with van der Waals surface area (Å²) < 4.78 is 0. The van der Waals surface area contributed by atoms with Crippen molar-refractivity contribution in [2.45, 2.75) is 27.2 Å². The Morgan fingerprint density at radius 1 is 1.19 bits per heavy atom. The second-order valence-electron chi connectivity index (χ2n) is 4.50. The van der Waals surface area contributed by atoms with Crippen LogP contribution in [0, 0.1) is 0 Å². The minimum absolute atomic E-state index is 0.165. The van der Waals surface area contributed by atoms with Gasteiger partial charge in [-0.05, 0) is 19.3 Å². The second kappa shape index (κ2) is 20.4. The lowest BCUT2D eigenvalue weighted by Crippen LogP contribution is -2.35. The summed E-state index contributed by atoms with van der Waals surface area (Å²) in [7, 11) is 4.41. The van der Waals surface area contributed by atoms with Crippen molar-refractivity contribution in [2.24, 2.45) is 0 Å². The van der Waals surface area contributed by atoms with E-state index in [0.717, 1.165) is 13.4 Å². The second-order valence-corrected chi connectivity index (χ2v) is 4.50. The molecule has 0 fully saturated rings. The van der Waals surface area contributed by atoms with Gasteiger partial charge in [0.25, 0.3) is 5.91 Å². The van der Waals surface area contributed by atoms with Gasteiger partial charge < -0.3 is 30.3 Å². The molecule has 0 saturated carbocycles. The smallest absolute Gasteiger partial charge is 0.269 e. The number of carbonyl (C=O) groups excluding carboxylic acids is 3. The maximum Gasteiger partial charge on any atom is 0.269 e. The monoisotopic (exact) mass is 370 g/mol. The Morgan fingerprint density at radius 3 is 2.23 bits per heavy atom. The van der Waals surface area contributed by atoms with E-state index in [9.17, 15) is 14.4 Å². The van der Waals surface area contributed by atoms with Crippen molar-refractivity contribution in [3.63, 3.8) is 0 Å². The van der Waals surface area contributed by atoms with E-state index in [4.69, 9.17) is 5.11 Å². The number of rotatable bonds is 10. The summed E-state index contributed by atoms with van der Waals surface area (Å²) >= 11 is 0. The summed E-state index contributed by atoms with van der Waals surface area (Å²) in [4.78, 5) is 37.2. The lowest BCUT2D eigenvalue weighted by atomic mass is 10.3. The third-order valence-electron chi connectivity index (χ3n) is 2.60. The standard InChI is InChI=1S/C15H24N4O3.C2H6.CH4O/c1-5-9-18(3)12-14(21)17-11-13(19(4)6-2)15(22)16-8-7-10-20;2*1-2/h5-6,9-11H,2,7-8,12H2,1,3-4H3,(H,16,22)(H,17,21);1-2H3;2H,1H3/b9-5-,13-11-;;. The zero-order valence-corrected chi connectivity index (χ0v) is 16.8. The molecule has 0 saturated heterocycles. The molecule has 0 rings (SSSR count). The summed E-state index contributed by atoms with van der Waals surface area (Å²) in [5.74, 6) is -0.650. The molecular formula is C18H34N4O4. The Bertz CT molecular complexity index is 462. The van der Waals surface area contributed by atoms with E-state index >= 15 is 0 Å². The molecule has 8 nitrogen and oxygen atoms in total. The average molecular weight is 370 g/mol. The number of hydrogen-bond acceptors (Lipinski definition) is 6. The SMILES string of the molecule is C=CN(C)/C(=C\NC(=O)CN(C)/C=C\C)C(=O)NCCC=O.CC.CO. The van der Waals surface area contributed by atoms with Crippen LogP contribution in [0.2, 0.25) is 0 Å². The van der Waals surface area contributed by atoms with Crippen molar-refractivity contribution in [1.29, 1.82) is 0 Å². The summed E-state index contributed by atoms with van der Waals surface area (Å²) in [6.45, 7) is 9.84. The molecule has 0 aromatic carbocycles. The topological polar surface area (TPSA) is 102 Å². The molecule has 0 bridgehead atoms. The minimum atomic E-state index is -0.397. The van der Waals surface area contributed by atoms with E-state index < -0.39 is 5.91 Å². The van der Waals surface area contributed by atoms with Crippen molar-refractivity contribution in [3.8, 4) is 0 Å². The van der Waals surface area contributed by atoms with Gasteiger partial charge in [-0.2, -0.15) is 0 Å². The lowest BCUT2D eigenvalue weighted by molar-refractivity contribution is -0.120. The highest BCUT2D eigenvalue weighted by Crippen LogP contribution is 2.01. The first-order valence-electron chi connectivity index (χ1n) is 8.30. The van der Waals surface area contributed by atoms with Crippen LogP contribution < -0.4 is 10.6 Å². The van der Waals surface area contributed by atoms with Gasteiger partial charge in [-0.25, -0.2) is 0 Å².